The van der Waals surface area contributed by atoms with Gasteiger partial charge < -0.3 is 18.9 Å². The Bertz CT molecular complexity index is 1110. The predicted octanol–water partition coefficient (Wildman–Crippen LogP) is 4.77. The topological polar surface area (TPSA) is 43.7 Å². The van der Waals surface area contributed by atoms with Gasteiger partial charge in [0, 0.05) is 36.1 Å². The average Bonchev–Trinajstić information content (AvgIpc) is 3.25. The fraction of sp³-hybridized carbons (Fsp3) is 0.261. The van der Waals surface area contributed by atoms with Crippen molar-refractivity contribution in [2.24, 2.45) is 0 Å². The number of carbonyl (C=O) groups excluding carboxylic acids is 1. The number of alkyl halides is 3. The zero-order valence-corrected chi connectivity index (χ0v) is 17.0. The number of benzene rings is 2. The Kier molecular flexibility index (Phi) is 5.39. The van der Waals surface area contributed by atoms with Crippen molar-refractivity contribution in [3.63, 3.8) is 0 Å². The summed E-state index contributed by atoms with van der Waals surface area (Å²) in [5.74, 6) is -0.208. The number of fused-ring (bicyclic) bond motifs is 1. The largest absolute Gasteiger partial charge is 0.496 e. The van der Waals surface area contributed by atoms with E-state index in [0.717, 1.165) is 17.3 Å². The predicted molar refractivity (Wildman–Crippen MR) is 108 cm³/mol. The molecule has 0 bridgehead atoms. The van der Waals surface area contributed by atoms with Crippen molar-refractivity contribution in [3.8, 4) is 11.5 Å². The third-order valence-electron chi connectivity index (χ3n) is 5.48. The molecule has 2 aromatic carbocycles. The first kappa shape index (κ1) is 20.8. The fourth-order valence-electron chi connectivity index (χ4n) is 4.05. The number of aromatic nitrogens is 1. The van der Waals surface area contributed by atoms with Crippen LogP contribution in [-0.4, -0.2) is 36.1 Å². The lowest BCUT2D eigenvalue weighted by Gasteiger charge is -2.38. The van der Waals surface area contributed by atoms with Crippen LogP contribution in [0.4, 0.5) is 13.2 Å². The molecule has 0 aliphatic carbocycles. The van der Waals surface area contributed by atoms with Gasteiger partial charge in [-0.1, -0.05) is 18.2 Å². The van der Waals surface area contributed by atoms with Gasteiger partial charge in [-0.2, -0.15) is 13.2 Å². The zero-order chi connectivity index (χ0) is 22.2. The highest BCUT2D eigenvalue weighted by molar-refractivity contribution is 5.95. The van der Waals surface area contributed by atoms with Crippen LogP contribution in [-0.2, 0) is 12.7 Å². The number of ether oxygens (including phenoxy) is 2. The molecule has 1 aliphatic rings. The highest BCUT2D eigenvalue weighted by atomic mass is 19.4. The smallest absolute Gasteiger partial charge is 0.419 e. The van der Waals surface area contributed by atoms with Crippen molar-refractivity contribution in [3.05, 3.63) is 83.2 Å². The Labute approximate surface area is 177 Å². The van der Waals surface area contributed by atoms with Crippen LogP contribution in [0.5, 0.6) is 11.5 Å². The molecule has 3 aromatic rings. The molecule has 1 atom stereocenters. The van der Waals surface area contributed by atoms with Crippen molar-refractivity contribution >= 4 is 5.91 Å². The van der Waals surface area contributed by atoms with Gasteiger partial charge in [-0.15, -0.1) is 0 Å². The van der Waals surface area contributed by atoms with Crippen LogP contribution in [0.15, 0.2) is 60.8 Å². The summed E-state index contributed by atoms with van der Waals surface area (Å²) in [7, 11) is 2.72. The number of para-hydroxylation sites is 1. The first-order chi connectivity index (χ1) is 14.8. The van der Waals surface area contributed by atoms with E-state index in [1.54, 1.807) is 18.1 Å². The standard InChI is InChI=1S/C23H21F3N2O3/c1-30-19-8-4-3-6-16(19)21-18-7-5-11-27(18)12-13-28(21)22(29)15-9-10-20(31-2)17(14-15)23(24,25)26/h3-11,14,21H,12-13H2,1-2H3/t21-/m1/s1. The summed E-state index contributed by atoms with van der Waals surface area (Å²) in [6.07, 6.45) is -2.71. The molecule has 1 aliphatic heterocycles. The van der Waals surface area contributed by atoms with E-state index >= 15 is 0 Å². The van der Waals surface area contributed by atoms with Crippen LogP contribution in [0.1, 0.15) is 33.2 Å². The van der Waals surface area contributed by atoms with E-state index in [-0.39, 0.29) is 11.3 Å². The Hall–Kier alpha value is -3.42. The summed E-state index contributed by atoms with van der Waals surface area (Å²) in [6.45, 7) is 0.888. The van der Waals surface area contributed by atoms with E-state index in [1.165, 1.54) is 19.2 Å². The highest BCUT2D eigenvalue weighted by Gasteiger charge is 2.38. The van der Waals surface area contributed by atoms with E-state index in [2.05, 4.69) is 0 Å². The van der Waals surface area contributed by atoms with E-state index < -0.39 is 23.7 Å². The Morgan fingerprint density at radius 1 is 0.968 bits per heavy atom. The van der Waals surface area contributed by atoms with Gasteiger partial charge in [0.25, 0.3) is 5.91 Å². The molecule has 1 amide bonds. The molecule has 0 saturated heterocycles. The number of hydrogen-bond acceptors (Lipinski definition) is 3. The number of halogens is 3. The number of methoxy groups -OCH3 is 2. The number of carbonyl (C=O) groups is 1. The van der Waals surface area contributed by atoms with Crippen molar-refractivity contribution in [2.45, 2.75) is 18.8 Å². The zero-order valence-electron chi connectivity index (χ0n) is 17.0. The van der Waals surface area contributed by atoms with E-state index in [0.29, 0.717) is 18.8 Å². The molecule has 1 aromatic heterocycles. The molecular weight excluding hydrogens is 409 g/mol. The summed E-state index contributed by atoms with van der Waals surface area (Å²) in [5, 5.41) is 0. The minimum atomic E-state index is -4.64. The molecule has 8 heteroatoms. The summed E-state index contributed by atoms with van der Waals surface area (Å²) in [4.78, 5) is 15.1. The maximum Gasteiger partial charge on any atom is 0.419 e. The summed E-state index contributed by atoms with van der Waals surface area (Å²) in [5.41, 5.74) is 0.610. The maximum absolute atomic E-state index is 13.5. The molecule has 0 fully saturated rings. The van der Waals surface area contributed by atoms with Crippen LogP contribution in [0, 0.1) is 0 Å². The molecule has 2 heterocycles. The van der Waals surface area contributed by atoms with Gasteiger partial charge in [0.05, 0.1) is 19.8 Å². The van der Waals surface area contributed by atoms with Gasteiger partial charge in [0.1, 0.15) is 17.5 Å². The molecule has 0 N–H and O–H groups in total. The number of hydrogen-bond donors (Lipinski definition) is 0. The summed E-state index contributed by atoms with van der Waals surface area (Å²) in [6, 6.07) is 14.0. The van der Waals surface area contributed by atoms with Crippen LogP contribution in [0.2, 0.25) is 0 Å². The summed E-state index contributed by atoms with van der Waals surface area (Å²) >= 11 is 0. The van der Waals surface area contributed by atoms with Gasteiger partial charge in [-0.05, 0) is 36.4 Å². The second-order valence-corrected chi connectivity index (χ2v) is 7.18. The van der Waals surface area contributed by atoms with Crippen LogP contribution >= 0.6 is 0 Å². The lowest BCUT2D eigenvalue weighted by molar-refractivity contribution is -0.138. The molecule has 162 valence electrons. The first-order valence-corrected chi connectivity index (χ1v) is 9.69. The van der Waals surface area contributed by atoms with Gasteiger partial charge >= 0.3 is 6.18 Å². The monoisotopic (exact) mass is 430 g/mol. The number of nitrogens with zero attached hydrogens (tertiary/aromatic N) is 2. The van der Waals surface area contributed by atoms with Crippen LogP contribution in [0.3, 0.4) is 0 Å². The Morgan fingerprint density at radius 2 is 1.71 bits per heavy atom. The maximum atomic E-state index is 13.5. The van der Waals surface area contributed by atoms with E-state index in [9.17, 15) is 18.0 Å². The Morgan fingerprint density at radius 3 is 2.42 bits per heavy atom. The minimum Gasteiger partial charge on any atom is -0.496 e. The fourth-order valence-corrected chi connectivity index (χ4v) is 4.05. The minimum absolute atomic E-state index is 0.0481. The Balaban J connectivity index is 1.80. The van der Waals surface area contributed by atoms with Gasteiger partial charge in [-0.3, -0.25) is 4.79 Å². The normalized spacial score (nSPS) is 16.0. The molecule has 5 nitrogen and oxygen atoms in total. The molecule has 0 unspecified atom stereocenters. The number of amides is 1. The van der Waals surface area contributed by atoms with Crippen LogP contribution in [0.25, 0.3) is 0 Å². The van der Waals surface area contributed by atoms with Crippen LogP contribution < -0.4 is 9.47 Å². The molecule has 0 saturated carbocycles. The van der Waals surface area contributed by atoms with Gasteiger partial charge in [0.2, 0.25) is 0 Å². The van der Waals surface area contributed by atoms with Crippen molar-refractivity contribution in [2.75, 3.05) is 20.8 Å². The van der Waals surface area contributed by atoms with Gasteiger partial charge in [-0.25, -0.2) is 0 Å². The lowest BCUT2D eigenvalue weighted by atomic mass is 9.97. The molecule has 4 rings (SSSR count). The second kappa shape index (κ2) is 8.02. The van der Waals surface area contributed by atoms with Crippen molar-refractivity contribution in [1.29, 1.82) is 0 Å². The van der Waals surface area contributed by atoms with Gasteiger partial charge in [0.15, 0.2) is 0 Å². The van der Waals surface area contributed by atoms with Crippen molar-refractivity contribution < 1.29 is 27.4 Å². The molecule has 31 heavy (non-hydrogen) atoms. The summed E-state index contributed by atoms with van der Waals surface area (Å²) < 4.78 is 52.9. The molecule has 0 spiro atoms. The van der Waals surface area contributed by atoms with E-state index in [1.807, 2.05) is 41.1 Å². The molecular formula is C23H21F3N2O3. The van der Waals surface area contributed by atoms with E-state index in [4.69, 9.17) is 9.47 Å². The van der Waals surface area contributed by atoms with Crippen molar-refractivity contribution in [1.82, 2.24) is 9.47 Å². The first-order valence-electron chi connectivity index (χ1n) is 9.69. The third-order valence-corrected chi connectivity index (χ3v) is 5.48. The SMILES string of the molecule is COc1ccccc1[C@@H]1c2cccn2CCN1C(=O)c1ccc(OC)c(C(F)(F)F)c1. The second-order valence-electron chi connectivity index (χ2n) is 7.18. The lowest BCUT2D eigenvalue weighted by Crippen LogP contribution is -2.42. The highest BCUT2D eigenvalue weighted by Crippen LogP contribution is 2.40. The number of rotatable bonds is 4. The third kappa shape index (κ3) is 3.73. The quantitative estimate of drug-likeness (QED) is 0.599. The molecule has 0 radical (unpaired) electrons. The average molecular weight is 430 g/mol.